The van der Waals surface area contributed by atoms with Crippen molar-refractivity contribution in [2.24, 2.45) is 0 Å². The van der Waals surface area contributed by atoms with Gasteiger partial charge in [0.1, 0.15) is 12.4 Å². The van der Waals surface area contributed by atoms with Crippen molar-refractivity contribution < 1.29 is 13.2 Å². The third-order valence-electron chi connectivity index (χ3n) is 2.28. The molecule has 0 bridgehead atoms. The van der Waals surface area contributed by atoms with Crippen LogP contribution in [-0.4, -0.2) is 26.8 Å². The highest BCUT2D eigenvalue weighted by Crippen LogP contribution is 2.14. The Morgan fingerprint density at radius 1 is 1.53 bits per heavy atom. The second kappa shape index (κ2) is 7.02. The highest BCUT2D eigenvalue weighted by atomic mass is 32.2. The Hall–Kier alpha value is -1.71. The topological polar surface area (TPSA) is 81.4 Å². The van der Waals surface area contributed by atoms with E-state index in [9.17, 15) is 8.42 Å². The fourth-order valence-corrected chi connectivity index (χ4v) is 2.57. The van der Waals surface area contributed by atoms with E-state index in [0.29, 0.717) is 17.9 Å². The van der Waals surface area contributed by atoms with E-state index < -0.39 is 10.0 Å². The van der Waals surface area contributed by atoms with Crippen molar-refractivity contribution in [1.29, 1.82) is 0 Å². The summed E-state index contributed by atoms with van der Waals surface area (Å²) < 4.78 is 31.2. The van der Waals surface area contributed by atoms with E-state index in [4.69, 9.17) is 16.9 Å². The minimum absolute atomic E-state index is 0.0571. The van der Waals surface area contributed by atoms with Crippen LogP contribution in [-0.2, 0) is 10.0 Å². The number of nitrogens with two attached hydrogens (primary N) is 1. The SMILES string of the molecule is C#CCC(C)NS(=O)(=O)CCOc1cccc(N)c1. The van der Waals surface area contributed by atoms with Gasteiger partial charge in [0.05, 0.1) is 5.75 Å². The summed E-state index contributed by atoms with van der Waals surface area (Å²) in [4.78, 5) is 0. The molecule has 0 aliphatic carbocycles. The molecule has 3 N–H and O–H groups in total. The normalized spacial score (nSPS) is 12.6. The molecule has 0 saturated heterocycles. The number of ether oxygens (including phenoxy) is 1. The summed E-state index contributed by atoms with van der Waals surface area (Å²) in [6.07, 6.45) is 5.47. The minimum atomic E-state index is -3.39. The second-order valence-electron chi connectivity index (χ2n) is 4.17. The van der Waals surface area contributed by atoms with Crippen molar-refractivity contribution in [2.45, 2.75) is 19.4 Å². The van der Waals surface area contributed by atoms with Gasteiger partial charge in [-0.15, -0.1) is 12.3 Å². The van der Waals surface area contributed by atoms with E-state index >= 15 is 0 Å². The van der Waals surface area contributed by atoms with Gasteiger partial charge in [0.2, 0.25) is 10.0 Å². The third-order valence-corrected chi connectivity index (χ3v) is 3.75. The standard InChI is InChI=1S/C13H18N2O3S/c1-3-5-11(2)15-19(16,17)9-8-18-13-7-4-6-12(14)10-13/h1,4,6-7,10-11,15H,5,8-9,14H2,2H3. The lowest BCUT2D eigenvalue weighted by Gasteiger charge is -2.12. The van der Waals surface area contributed by atoms with Gasteiger partial charge in [-0.25, -0.2) is 13.1 Å². The lowest BCUT2D eigenvalue weighted by molar-refractivity contribution is 0.340. The zero-order valence-corrected chi connectivity index (χ0v) is 11.6. The summed E-state index contributed by atoms with van der Waals surface area (Å²) in [5, 5.41) is 0. The molecular weight excluding hydrogens is 264 g/mol. The summed E-state index contributed by atoms with van der Waals surface area (Å²) in [5.41, 5.74) is 6.16. The van der Waals surface area contributed by atoms with Crippen molar-refractivity contribution in [2.75, 3.05) is 18.1 Å². The van der Waals surface area contributed by atoms with E-state index in [-0.39, 0.29) is 18.4 Å². The average molecular weight is 282 g/mol. The summed E-state index contributed by atoms with van der Waals surface area (Å²) in [7, 11) is -3.39. The molecule has 0 aromatic heterocycles. The highest BCUT2D eigenvalue weighted by Gasteiger charge is 2.13. The fraction of sp³-hybridized carbons (Fsp3) is 0.385. The summed E-state index contributed by atoms with van der Waals surface area (Å²) in [6.45, 7) is 1.78. The number of sulfonamides is 1. The maximum absolute atomic E-state index is 11.7. The fourth-order valence-electron chi connectivity index (χ4n) is 1.46. The van der Waals surface area contributed by atoms with Gasteiger partial charge in [-0.1, -0.05) is 6.07 Å². The van der Waals surface area contributed by atoms with Crippen LogP contribution in [0.4, 0.5) is 5.69 Å². The van der Waals surface area contributed by atoms with Crippen LogP contribution in [0.5, 0.6) is 5.75 Å². The van der Waals surface area contributed by atoms with Crippen molar-refractivity contribution >= 4 is 15.7 Å². The Labute approximate surface area is 114 Å². The number of hydrogen-bond acceptors (Lipinski definition) is 4. The molecule has 0 spiro atoms. The Morgan fingerprint density at radius 3 is 2.89 bits per heavy atom. The molecule has 1 aromatic rings. The molecular formula is C13H18N2O3S. The number of nitrogens with one attached hydrogen (secondary N) is 1. The van der Waals surface area contributed by atoms with Crippen LogP contribution in [0.1, 0.15) is 13.3 Å². The Bertz CT molecular complexity index is 549. The van der Waals surface area contributed by atoms with E-state index in [1.165, 1.54) is 0 Å². The molecule has 1 atom stereocenters. The lowest BCUT2D eigenvalue weighted by atomic mass is 10.3. The molecule has 0 radical (unpaired) electrons. The maximum atomic E-state index is 11.7. The van der Waals surface area contributed by atoms with E-state index in [2.05, 4.69) is 10.6 Å². The third kappa shape index (κ3) is 6.13. The maximum Gasteiger partial charge on any atom is 0.215 e. The average Bonchev–Trinajstić information content (AvgIpc) is 2.28. The number of nitrogen functional groups attached to an aromatic ring is 1. The van der Waals surface area contributed by atoms with E-state index in [1.54, 1.807) is 31.2 Å². The molecule has 1 aromatic carbocycles. The monoisotopic (exact) mass is 282 g/mol. The largest absolute Gasteiger partial charge is 0.492 e. The van der Waals surface area contributed by atoms with Crippen molar-refractivity contribution in [1.82, 2.24) is 4.72 Å². The lowest BCUT2D eigenvalue weighted by Crippen LogP contribution is -2.35. The molecule has 6 heteroatoms. The predicted octanol–water partition coefficient (Wildman–Crippen LogP) is 0.979. The quantitative estimate of drug-likeness (QED) is 0.577. The van der Waals surface area contributed by atoms with E-state index in [1.807, 2.05) is 0 Å². The molecule has 1 rings (SSSR count). The Kier molecular flexibility index (Phi) is 5.67. The van der Waals surface area contributed by atoms with Crippen LogP contribution in [0.3, 0.4) is 0 Å². The van der Waals surface area contributed by atoms with Crippen LogP contribution in [0.15, 0.2) is 24.3 Å². The molecule has 104 valence electrons. The van der Waals surface area contributed by atoms with Crippen LogP contribution < -0.4 is 15.2 Å². The van der Waals surface area contributed by atoms with Gasteiger partial charge in [0.15, 0.2) is 0 Å². The molecule has 0 amide bonds. The van der Waals surface area contributed by atoms with Gasteiger partial charge in [-0.05, 0) is 19.1 Å². The smallest absolute Gasteiger partial charge is 0.215 e. The van der Waals surface area contributed by atoms with Gasteiger partial charge in [0.25, 0.3) is 0 Å². The first-order valence-electron chi connectivity index (χ1n) is 5.85. The van der Waals surface area contributed by atoms with Crippen LogP contribution in [0.25, 0.3) is 0 Å². The number of rotatable bonds is 7. The van der Waals surface area contributed by atoms with Crippen LogP contribution in [0, 0.1) is 12.3 Å². The van der Waals surface area contributed by atoms with Gasteiger partial charge >= 0.3 is 0 Å². The Morgan fingerprint density at radius 2 is 2.26 bits per heavy atom. The van der Waals surface area contributed by atoms with Crippen molar-refractivity contribution in [3.05, 3.63) is 24.3 Å². The van der Waals surface area contributed by atoms with E-state index in [0.717, 1.165) is 0 Å². The molecule has 19 heavy (non-hydrogen) atoms. The molecule has 0 aliphatic rings. The molecule has 0 heterocycles. The van der Waals surface area contributed by atoms with Crippen molar-refractivity contribution in [3.63, 3.8) is 0 Å². The van der Waals surface area contributed by atoms with Gasteiger partial charge in [-0.2, -0.15) is 0 Å². The second-order valence-corrected chi connectivity index (χ2v) is 6.04. The van der Waals surface area contributed by atoms with Gasteiger partial charge in [0, 0.05) is 24.2 Å². The number of hydrogen-bond donors (Lipinski definition) is 2. The zero-order valence-electron chi connectivity index (χ0n) is 10.8. The first kappa shape index (κ1) is 15.3. The number of anilines is 1. The zero-order chi connectivity index (χ0) is 14.3. The molecule has 0 fully saturated rings. The van der Waals surface area contributed by atoms with Crippen LogP contribution >= 0.6 is 0 Å². The van der Waals surface area contributed by atoms with Crippen LogP contribution in [0.2, 0.25) is 0 Å². The molecule has 0 aliphatic heterocycles. The molecule has 0 saturated carbocycles. The van der Waals surface area contributed by atoms with Gasteiger partial charge in [-0.3, -0.25) is 0 Å². The van der Waals surface area contributed by atoms with Gasteiger partial charge < -0.3 is 10.5 Å². The summed E-state index contributed by atoms with van der Waals surface area (Å²) in [5.74, 6) is 2.83. The predicted molar refractivity (Wildman–Crippen MR) is 76.2 cm³/mol. The first-order valence-corrected chi connectivity index (χ1v) is 7.50. The van der Waals surface area contributed by atoms with Crippen molar-refractivity contribution in [3.8, 4) is 18.1 Å². The highest BCUT2D eigenvalue weighted by molar-refractivity contribution is 7.89. The minimum Gasteiger partial charge on any atom is -0.492 e. The number of benzene rings is 1. The first-order chi connectivity index (χ1) is 8.93. The Balaban J connectivity index is 2.42. The summed E-state index contributed by atoms with van der Waals surface area (Å²) >= 11 is 0. The number of terminal acetylenes is 1. The summed E-state index contributed by atoms with van der Waals surface area (Å²) in [6, 6.07) is 6.56. The molecule has 1 unspecified atom stereocenters. The molecule has 5 nitrogen and oxygen atoms in total.